The van der Waals surface area contributed by atoms with Gasteiger partial charge in [-0.1, -0.05) is 19.9 Å². The molecule has 19 heavy (non-hydrogen) atoms. The zero-order chi connectivity index (χ0) is 14.6. The fourth-order valence-corrected chi connectivity index (χ4v) is 2.32. The number of nitrogens with one attached hydrogen (secondary N) is 1. The molecule has 0 aromatic heterocycles. The first-order valence-corrected chi connectivity index (χ1v) is 7.05. The van der Waals surface area contributed by atoms with Gasteiger partial charge in [0.1, 0.15) is 0 Å². The first-order chi connectivity index (χ1) is 8.69. The van der Waals surface area contributed by atoms with E-state index in [1.807, 2.05) is 25.1 Å². The van der Waals surface area contributed by atoms with Crippen molar-refractivity contribution in [2.24, 2.45) is 5.41 Å². The van der Waals surface area contributed by atoms with Gasteiger partial charge in [-0.05, 0) is 52.6 Å². The van der Waals surface area contributed by atoms with E-state index >= 15 is 0 Å². The van der Waals surface area contributed by atoms with Crippen LogP contribution in [0.2, 0.25) is 0 Å². The first kappa shape index (κ1) is 15.9. The highest BCUT2D eigenvalue weighted by atomic mass is 127. The Hall–Kier alpha value is -1.11. The van der Waals surface area contributed by atoms with Crippen LogP contribution in [0.5, 0.6) is 0 Å². The monoisotopic (exact) mass is 375 g/mol. The number of carboxylic acids is 1. The molecule has 0 heterocycles. The Bertz CT molecular complexity index is 497. The molecule has 0 atom stereocenters. The molecule has 5 heteroatoms. The minimum Gasteiger partial charge on any atom is -0.481 e. The summed E-state index contributed by atoms with van der Waals surface area (Å²) in [5, 5.41) is 11.6. The smallest absolute Gasteiger partial charge is 0.303 e. The minimum absolute atomic E-state index is 0.0221. The van der Waals surface area contributed by atoms with Crippen molar-refractivity contribution in [3.63, 3.8) is 0 Å². The number of anilines is 1. The molecule has 1 aromatic carbocycles. The van der Waals surface area contributed by atoms with Crippen LogP contribution in [0.25, 0.3) is 0 Å². The number of carbonyl (C=O) groups excluding carboxylic acids is 1. The predicted octanol–water partition coefficient (Wildman–Crippen LogP) is 3.43. The number of hydrogen-bond acceptors (Lipinski definition) is 2. The number of amides is 1. The quantitative estimate of drug-likeness (QED) is 0.775. The second kappa shape index (κ2) is 6.36. The maximum absolute atomic E-state index is 12.0. The molecule has 0 aliphatic rings. The summed E-state index contributed by atoms with van der Waals surface area (Å²) < 4.78 is 1.04. The molecule has 0 fully saturated rings. The number of rotatable bonds is 5. The van der Waals surface area contributed by atoms with Gasteiger partial charge in [-0.25, -0.2) is 0 Å². The van der Waals surface area contributed by atoms with Crippen LogP contribution < -0.4 is 5.32 Å². The van der Waals surface area contributed by atoms with Crippen LogP contribution in [0, 0.1) is 15.9 Å². The van der Waals surface area contributed by atoms with Gasteiger partial charge in [-0.15, -0.1) is 0 Å². The zero-order valence-electron chi connectivity index (χ0n) is 11.3. The molecule has 2 N–H and O–H groups in total. The molecule has 0 spiro atoms. The highest BCUT2D eigenvalue weighted by Crippen LogP contribution is 2.26. The topological polar surface area (TPSA) is 66.4 Å². The molecule has 1 amide bonds. The summed E-state index contributed by atoms with van der Waals surface area (Å²) in [4.78, 5) is 22.7. The van der Waals surface area contributed by atoms with E-state index in [2.05, 4.69) is 27.9 Å². The van der Waals surface area contributed by atoms with E-state index in [9.17, 15) is 9.59 Å². The Labute approximate surface area is 126 Å². The molecule has 104 valence electrons. The molecule has 0 saturated carbocycles. The van der Waals surface area contributed by atoms with Gasteiger partial charge in [0.25, 0.3) is 0 Å². The van der Waals surface area contributed by atoms with E-state index in [-0.39, 0.29) is 18.7 Å². The lowest BCUT2D eigenvalue weighted by atomic mass is 9.85. The summed E-state index contributed by atoms with van der Waals surface area (Å²) in [6.45, 7) is 5.48. The van der Waals surface area contributed by atoms with E-state index in [0.29, 0.717) is 0 Å². The lowest BCUT2D eigenvalue weighted by Crippen LogP contribution is -2.25. The van der Waals surface area contributed by atoms with E-state index in [0.717, 1.165) is 14.8 Å². The van der Waals surface area contributed by atoms with Gasteiger partial charge in [0, 0.05) is 15.7 Å². The van der Waals surface area contributed by atoms with Crippen molar-refractivity contribution in [2.75, 3.05) is 5.32 Å². The molecule has 0 aliphatic carbocycles. The molecule has 0 saturated heterocycles. The number of carbonyl (C=O) groups is 2. The van der Waals surface area contributed by atoms with Crippen LogP contribution in [0.4, 0.5) is 5.69 Å². The fraction of sp³-hybridized carbons (Fsp3) is 0.429. The van der Waals surface area contributed by atoms with Gasteiger partial charge in [-0.3, -0.25) is 9.59 Å². The van der Waals surface area contributed by atoms with Crippen molar-refractivity contribution in [1.82, 2.24) is 0 Å². The Kier molecular flexibility index (Phi) is 5.34. The van der Waals surface area contributed by atoms with Crippen LogP contribution in [-0.2, 0) is 9.59 Å². The van der Waals surface area contributed by atoms with Gasteiger partial charge < -0.3 is 10.4 Å². The Morgan fingerprint density at radius 3 is 2.53 bits per heavy atom. The van der Waals surface area contributed by atoms with Crippen molar-refractivity contribution in [1.29, 1.82) is 0 Å². The highest BCUT2D eigenvalue weighted by molar-refractivity contribution is 14.1. The van der Waals surface area contributed by atoms with Crippen LogP contribution in [0.3, 0.4) is 0 Å². The largest absolute Gasteiger partial charge is 0.481 e. The number of carboxylic acid groups (broad SMARTS) is 1. The van der Waals surface area contributed by atoms with Gasteiger partial charge in [0.05, 0.1) is 6.42 Å². The lowest BCUT2D eigenvalue weighted by molar-refractivity contribution is -0.139. The van der Waals surface area contributed by atoms with E-state index in [1.165, 1.54) is 0 Å². The Morgan fingerprint density at radius 2 is 1.95 bits per heavy atom. The number of benzene rings is 1. The third-order valence-electron chi connectivity index (χ3n) is 2.74. The van der Waals surface area contributed by atoms with Gasteiger partial charge >= 0.3 is 5.97 Å². The molecule has 1 aromatic rings. The van der Waals surface area contributed by atoms with Crippen LogP contribution in [0.1, 0.15) is 32.3 Å². The Balaban J connectivity index is 2.70. The van der Waals surface area contributed by atoms with Crippen molar-refractivity contribution in [2.45, 2.75) is 33.6 Å². The summed E-state index contributed by atoms with van der Waals surface area (Å²) in [5.41, 5.74) is 1.22. The summed E-state index contributed by atoms with van der Waals surface area (Å²) >= 11 is 2.18. The lowest BCUT2D eigenvalue weighted by Gasteiger charge is -2.21. The number of halogens is 1. The van der Waals surface area contributed by atoms with E-state index < -0.39 is 11.4 Å². The van der Waals surface area contributed by atoms with E-state index in [4.69, 9.17) is 5.11 Å². The fourth-order valence-electron chi connectivity index (χ4n) is 1.83. The SMILES string of the molecule is Cc1ccc(I)cc1NC(=O)CC(C)(C)CC(=O)O. The maximum atomic E-state index is 12.0. The van der Waals surface area contributed by atoms with Crippen LogP contribution >= 0.6 is 22.6 Å². The average molecular weight is 375 g/mol. The molecule has 0 aliphatic heterocycles. The molecule has 4 nitrogen and oxygen atoms in total. The van der Waals surface area contributed by atoms with Crippen LogP contribution in [-0.4, -0.2) is 17.0 Å². The van der Waals surface area contributed by atoms with Crippen molar-refractivity contribution >= 4 is 40.2 Å². The second-order valence-electron chi connectivity index (χ2n) is 5.42. The molecular formula is C14H18INO3. The molecule has 0 unspecified atom stereocenters. The van der Waals surface area contributed by atoms with Gasteiger partial charge in [0.15, 0.2) is 0 Å². The van der Waals surface area contributed by atoms with Crippen molar-refractivity contribution in [3.8, 4) is 0 Å². The average Bonchev–Trinajstić information content (AvgIpc) is 2.20. The molecular weight excluding hydrogens is 357 g/mol. The third-order valence-corrected chi connectivity index (χ3v) is 3.41. The van der Waals surface area contributed by atoms with E-state index in [1.54, 1.807) is 13.8 Å². The number of aliphatic carboxylic acids is 1. The number of aryl methyl sites for hydroxylation is 1. The van der Waals surface area contributed by atoms with Crippen molar-refractivity contribution < 1.29 is 14.7 Å². The summed E-state index contributed by atoms with van der Waals surface area (Å²) in [5.74, 6) is -1.04. The summed E-state index contributed by atoms with van der Waals surface area (Å²) in [6.07, 6.45) is 0.163. The first-order valence-electron chi connectivity index (χ1n) is 5.97. The predicted molar refractivity (Wildman–Crippen MR) is 83.2 cm³/mol. The maximum Gasteiger partial charge on any atom is 0.303 e. The number of hydrogen-bond donors (Lipinski definition) is 2. The normalized spacial score (nSPS) is 11.2. The summed E-state index contributed by atoms with van der Waals surface area (Å²) in [7, 11) is 0. The van der Waals surface area contributed by atoms with Crippen LogP contribution in [0.15, 0.2) is 18.2 Å². The van der Waals surface area contributed by atoms with Gasteiger partial charge in [-0.2, -0.15) is 0 Å². The molecule has 0 radical (unpaired) electrons. The third kappa shape index (κ3) is 5.59. The van der Waals surface area contributed by atoms with Gasteiger partial charge in [0.2, 0.25) is 5.91 Å². The minimum atomic E-state index is -0.886. The second-order valence-corrected chi connectivity index (χ2v) is 6.66. The highest BCUT2D eigenvalue weighted by Gasteiger charge is 2.25. The Morgan fingerprint density at radius 1 is 1.32 bits per heavy atom. The van der Waals surface area contributed by atoms with Crippen molar-refractivity contribution in [3.05, 3.63) is 27.3 Å². The molecule has 0 bridgehead atoms. The zero-order valence-corrected chi connectivity index (χ0v) is 13.4. The molecule has 1 rings (SSSR count). The summed E-state index contributed by atoms with van der Waals surface area (Å²) in [6, 6.07) is 5.82. The standard InChI is InChI=1S/C14H18INO3/c1-9-4-5-10(15)6-11(9)16-12(17)7-14(2,3)8-13(18)19/h4-6H,7-8H2,1-3H3,(H,16,17)(H,18,19).